The monoisotopic (exact) mass is 165 g/mol. The normalized spacial score (nSPS) is 22.8. The predicted octanol–water partition coefficient (Wildman–Crippen LogP) is 2.01. The first-order chi connectivity index (χ1) is 5.38. The van der Waals surface area contributed by atoms with Gasteiger partial charge in [-0.05, 0) is 24.6 Å². The second kappa shape index (κ2) is 2.88. The van der Waals surface area contributed by atoms with E-state index < -0.39 is 0 Å². The van der Waals surface area contributed by atoms with E-state index in [2.05, 4.69) is 30.1 Å². The summed E-state index contributed by atoms with van der Waals surface area (Å²) in [7, 11) is 0. The van der Waals surface area contributed by atoms with Gasteiger partial charge >= 0.3 is 0 Å². The van der Waals surface area contributed by atoms with Crippen LogP contribution in [0.3, 0.4) is 0 Å². The molecule has 2 heteroatoms. The van der Waals surface area contributed by atoms with Crippen molar-refractivity contribution in [2.45, 2.75) is 17.4 Å². The third-order valence-electron chi connectivity index (χ3n) is 2.14. The minimum Gasteiger partial charge on any atom is -0.310 e. The van der Waals surface area contributed by atoms with Crippen molar-refractivity contribution in [3.63, 3.8) is 0 Å². The van der Waals surface area contributed by atoms with Crippen LogP contribution in [0.5, 0.6) is 0 Å². The highest BCUT2D eigenvalue weighted by atomic mass is 32.1. The molecule has 0 unspecified atom stereocenters. The molecule has 1 heterocycles. The Labute approximate surface area is 72.2 Å². The third kappa shape index (κ3) is 1.28. The minimum absolute atomic E-state index is 0.559. The van der Waals surface area contributed by atoms with Gasteiger partial charge in [0.2, 0.25) is 0 Å². The Morgan fingerprint density at radius 3 is 2.64 bits per heavy atom. The van der Waals surface area contributed by atoms with E-state index in [1.165, 1.54) is 12.0 Å². The fourth-order valence-electron chi connectivity index (χ4n) is 1.34. The van der Waals surface area contributed by atoms with Crippen molar-refractivity contribution >= 4 is 12.6 Å². The van der Waals surface area contributed by atoms with Crippen LogP contribution in [0.4, 0.5) is 0 Å². The Morgan fingerprint density at radius 2 is 2.09 bits per heavy atom. The molecule has 0 spiro atoms. The van der Waals surface area contributed by atoms with E-state index in [9.17, 15) is 0 Å². The topological polar surface area (TPSA) is 12.0 Å². The molecular weight excluding hydrogens is 154 g/mol. The van der Waals surface area contributed by atoms with Gasteiger partial charge in [0.15, 0.2) is 0 Å². The molecule has 1 aromatic rings. The summed E-state index contributed by atoms with van der Waals surface area (Å²) in [6, 6.07) is 8.82. The lowest BCUT2D eigenvalue weighted by molar-refractivity contribution is 0.378. The molecule has 58 valence electrons. The van der Waals surface area contributed by atoms with Gasteiger partial charge in [-0.25, -0.2) is 0 Å². The van der Waals surface area contributed by atoms with Gasteiger partial charge in [0, 0.05) is 10.9 Å². The van der Waals surface area contributed by atoms with Gasteiger partial charge in [-0.3, -0.25) is 0 Å². The van der Waals surface area contributed by atoms with Crippen LogP contribution in [0.15, 0.2) is 29.2 Å². The Bertz CT molecular complexity index is 255. The van der Waals surface area contributed by atoms with Crippen LogP contribution >= 0.6 is 12.6 Å². The van der Waals surface area contributed by atoms with Gasteiger partial charge in [-0.1, -0.05) is 18.2 Å². The molecule has 1 N–H and O–H groups in total. The number of benzene rings is 1. The molecule has 0 amide bonds. The second-order valence-corrected chi connectivity index (χ2v) is 3.34. The van der Waals surface area contributed by atoms with Crippen LogP contribution in [-0.4, -0.2) is 6.54 Å². The summed E-state index contributed by atoms with van der Waals surface area (Å²) in [6.07, 6.45) is 1.25. The van der Waals surface area contributed by atoms with Gasteiger partial charge in [-0.15, -0.1) is 12.6 Å². The van der Waals surface area contributed by atoms with Crippen LogP contribution in [0, 0.1) is 0 Å². The van der Waals surface area contributed by atoms with Crippen LogP contribution in [0.25, 0.3) is 0 Å². The summed E-state index contributed by atoms with van der Waals surface area (Å²) in [6.45, 7) is 1.15. The summed E-state index contributed by atoms with van der Waals surface area (Å²) in [4.78, 5) is 1.10. The molecule has 1 aliphatic heterocycles. The quantitative estimate of drug-likeness (QED) is 0.607. The maximum atomic E-state index is 4.39. The summed E-state index contributed by atoms with van der Waals surface area (Å²) in [5, 5.41) is 3.35. The average Bonchev–Trinajstić information content (AvgIpc) is 1.90. The first-order valence-electron chi connectivity index (χ1n) is 3.89. The van der Waals surface area contributed by atoms with E-state index in [-0.39, 0.29) is 0 Å². The molecule has 1 nitrogen and oxygen atoms in total. The molecule has 2 rings (SSSR count). The van der Waals surface area contributed by atoms with Crippen molar-refractivity contribution in [2.24, 2.45) is 0 Å². The van der Waals surface area contributed by atoms with Crippen LogP contribution in [0.1, 0.15) is 18.0 Å². The molecule has 11 heavy (non-hydrogen) atoms. The molecule has 0 saturated carbocycles. The predicted molar refractivity (Wildman–Crippen MR) is 49.1 cm³/mol. The number of hydrogen-bond acceptors (Lipinski definition) is 2. The fraction of sp³-hybridized carbons (Fsp3) is 0.333. The Balaban J connectivity index is 2.28. The number of thiol groups is 1. The highest BCUT2D eigenvalue weighted by molar-refractivity contribution is 7.80. The molecule has 0 radical (unpaired) electrons. The van der Waals surface area contributed by atoms with Crippen molar-refractivity contribution in [1.29, 1.82) is 0 Å². The minimum atomic E-state index is 0.559. The average molecular weight is 165 g/mol. The summed E-state index contributed by atoms with van der Waals surface area (Å²) >= 11 is 4.39. The molecule has 1 aromatic carbocycles. The first-order valence-corrected chi connectivity index (χ1v) is 4.34. The summed E-state index contributed by atoms with van der Waals surface area (Å²) in [5.41, 5.74) is 1.34. The van der Waals surface area contributed by atoms with Gasteiger partial charge in [-0.2, -0.15) is 0 Å². The molecular formula is C9H11NS. The number of rotatable bonds is 1. The van der Waals surface area contributed by atoms with Crippen LogP contribution < -0.4 is 5.32 Å². The van der Waals surface area contributed by atoms with Gasteiger partial charge in [0.05, 0.1) is 0 Å². The van der Waals surface area contributed by atoms with E-state index in [4.69, 9.17) is 0 Å². The maximum Gasteiger partial charge on any atom is 0.0343 e. The summed E-state index contributed by atoms with van der Waals surface area (Å²) in [5.74, 6) is 0. The zero-order valence-corrected chi connectivity index (χ0v) is 7.14. The van der Waals surface area contributed by atoms with Crippen LogP contribution in [0.2, 0.25) is 0 Å². The zero-order valence-electron chi connectivity index (χ0n) is 6.25. The van der Waals surface area contributed by atoms with Crippen molar-refractivity contribution < 1.29 is 0 Å². The molecule has 0 aliphatic carbocycles. The van der Waals surface area contributed by atoms with E-state index in [1.807, 2.05) is 12.1 Å². The van der Waals surface area contributed by atoms with Crippen molar-refractivity contribution in [3.05, 3.63) is 29.8 Å². The fourth-order valence-corrected chi connectivity index (χ4v) is 1.65. The van der Waals surface area contributed by atoms with E-state index in [0.717, 1.165) is 11.4 Å². The Hall–Kier alpha value is -0.470. The largest absolute Gasteiger partial charge is 0.310 e. The van der Waals surface area contributed by atoms with E-state index in [1.54, 1.807) is 0 Å². The lowest BCUT2D eigenvalue weighted by Crippen LogP contribution is -2.35. The molecule has 1 aliphatic rings. The van der Waals surface area contributed by atoms with Gasteiger partial charge in [0.25, 0.3) is 0 Å². The molecule has 0 bridgehead atoms. The highest BCUT2D eigenvalue weighted by Gasteiger charge is 2.19. The smallest absolute Gasteiger partial charge is 0.0343 e. The highest BCUT2D eigenvalue weighted by Crippen LogP contribution is 2.27. The van der Waals surface area contributed by atoms with Crippen molar-refractivity contribution in [3.8, 4) is 0 Å². The standard InChI is InChI=1S/C9H11NS/c11-9-4-2-1-3-7(9)8-5-6-10-8/h1-4,8,10-11H,5-6H2/t8-/m0/s1. The lowest BCUT2D eigenvalue weighted by atomic mass is 9.98. The molecule has 1 fully saturated rings. The molecule has 1 saturated heterocycles. The number of nitrogens with one attached hydrogen (secondary N) is 1. The summed E-state index contributed by atoms with van der Waals surface area (Å²) < 4.78 is 0. The number of hydrogen-bond donors (Lipinski definition) is 2. The third-order valence-corrected chi connectivity index (χ3v) is 2.54. The SMILES string of the molecule is Sc1ccccc1[C@@H]1CCN1. The maximum absolute atomic E-state index is 4.39. The van der Waals surface area contributed by atoms with E-state index in [0.29, 0.717) is 6.04 Å². The molecule has 1 atom stereocenters. The van der Waals surface area contributed by atoms with E-state index >= 15 is 0 Å². The first kappa shape index (κ1) is 7.19. The van der Waals surface area contributed by atoms with Crippen molar-refractivity contribution in [2.75, 3.05) is 6.54 Å². The van der Waals surface area contributed by atoms with Crippen molar-refractivity contribution in [1.82, 2.24) is 5.32 Å². The zero-order chi connectivity index (χ0) is 7.68. The van der Waals surface area contributed by atoms with Gasteiger partial charge in [0.1, 0.15) is 0 Å². The van der Waals surface area contributed by atoms with Crippen LogP contribution in [-0.2, 0) is 0 Å². The lowest BCUT2D eigenvalue weighted by Gasteiger charge is -2.28. The Morgan fingerprint density at radius 1 is 1.36 bits per heavy atom. The Kier molecular flexibility index (Phi) is 1.88. The second-order valence-electron chi connectivity index (χ2n) is 2.85. The molecule has 0 aromatic heterocycles. The van der Waals surface area contributed by atoms with Gasteiger partial charge < -0.3 is 5.32 Å².